The van der Waals surface area contributed by atoms with E-state index in [9.17, 15) is 9.59 Å². The van der Waals surface area contributed by atoms with Crippen LogP contribution in [0.4, 0.5) is 0 Å². The van der Waals surface area contributed by atoms with Gasteiger partial charge in [0.15, 0.2) is 5.78 Å². The Labute approximate surface area is 149 Å². The lowest BCUT2D eigenvalue weighted by molar-refractivity contribution is 0.0599. The van der Waals surface area contributed by atoms with Gasteiger partial charge in [0.05, 0.1) is 24.4 Å². The van der Waals surface area contributed by atoms with E-state index in [1.807, 2.05) is 6.92 Å². The number of aromatic nitrogens is 1. The van der Waals surface area contributed by atoms with Crippen molar-refractivity contribution in [3.8, 4) is 0 Å². The molecule has 2 aliphatic rings. The zero-order chi connectivity index (χ0) is 18.3. The van der Waals surface area contributed by atoms with Crippen LogP contribution in [0.5, 0.6) is 0 Å². The number of aryl methyl sites for hydroxylation is 1. The highest BCUT2D eigenvalue weighted by molar-refractivity contribution is 6.03. The summed E-state index contributed by atoms with van der Waals surface area (Å²) in [6, 6.07) is 0.0575. The van der Waals surface area contributed by atoms with Gasteiger partial charge in [-0.1, -0.05) is 6.42 Å². The maximum absolute atomic E-state index is 12.9. The number of aromatic amines is 1. The normalized spacial score (nSPS) is 27.3. The monoisotopic (exact) mass is 346 g/mol. The van der Waals surface area contributed by atoms with E-state index in [2.05, 4.69) is 17.2 Å². The van der Waals surface area contributed by atoms with Crippen LogP contribution in [-0.4, -0.2) is 35.9 Å². The maximum Gasteiger partial charge on any atom is 0.339 e. The third-order valence-corrected chi connectivity index (χ3v) is 6.41. The molecule has 0 saturated heterocycles. The number of hydrogen-bond donors (Lipinski definition) is 2. The van der Waals surface area contributed by atoms with Gasteiger partial charge in [-0.05, 0) is 70.3 Å². The number of carbonyl (C=O) groups is 2. The van der Waals surface area contributed by atoms with E-state index in [-0.39, 0.29) is 11.8 Å². The van der Waals surface area contributed by atoms with Crippen molar-refractivity contribution in [1.29, 1.82) is 0 Å². The van der Waals surface area contributed by atoms with Crippen LogP contribution < -0.4 is 5.32 Å². The molecule has 0 spiro atoms. The zero-order valence-electron chi connectivity index (χ0n) is 15.9. The second-order valence-corrected chi connectivity index (χ2v) is 8.00. The van der Waals surface area contributed by atoms with Gasteiger partial charge in [-0.25, -0.2) is 4.79 Å². The molecule has 0 radical (unpaired) electrons. The van der Waals surface area contributed by atoms with Crippen molar-refractivity contribution in [3.63, 3.8) is 0 Å². The Bertz CT molecular complexity index is 679. The first-order valence-electron chi connectivity index (χ1n) is 9.41. The van der Waals surface area contributed by atoms with Crippen LogP contribution in [-0.2, 0) is 4.74 Å². The molecule has 3 rings (SSSR count). The van der Waals surface area contributed by atoms with E-state index in [1.165, 1.54) is 32.8 Å². The second-order valence-electron chi connectivity index (χ2n) is 8.00. The van der Waals surface area contributed by atoms with Crippen LogP contribution in [0, 0.1) is 31.6 Å². The fraction of sp³-hybridized carbons (Fsp3) is 0.700. The molecule has 5 heteroatoms. The van der Waals surface area contributed by atoms with Crippen LogP contribution in [0.15, 0.2) is 0 Å². The summed E-state index contributed by atoms with van der Waals surface area (Å²) >= 11 is 0. The molecular formula is C20H30N2O3. The van der Waals surface area contributed by atoms with Crippen LogP contribution in [0.3, 0.4) is 0 Å². The standard InChI is InChI=1S/C20H30N2O3/c1-10-17(20(24)25-5)12(3)22-18(10)19(23)13(4)21-11(2)16-9-14-6-7-15(16)8-14/h11,13-16,21-22H,6-9H2,1-5H3/t11-,13+,14+,15+,16+/m1/s1. The number of Topliss-reactive ketones (excluding diaryl/α,β-unsaturated/α-hetero) is 1. The zero-order valence-corrected chi connectivity index (χ0v) is 15.9. The predicted octanol–water partition coefficient (Wildman–Crippen LogP) is 3.40. The highest BCUT2D eigenvalue weighted by Gasteiger charge is 2.42. The van der Waals surface area contributed by atoms with Gasteiger partial charge in [-0.15, -0.1) is 0 Å². The predicted molar refractivity (Wildman–Crippen MR) is 96.9 cm³/mol. The minimum absolute atomic E-state index is 0.00533. The number of ketones is 1. The van der Waals surface area contributed by atoms with Crippen LogP contribution in [0.1, 0.15) is 71.6 Å². The van der Waals surface area contributed by atoms with Crippen molar-refractivity contribution in [2.45, 2.75) is 65.5 Å². The highest BCUT2D eigenvalue weighted by atomic mass is 16.5. The van der Waals surface area contributed by atoms with E-state index in [0.717, 1.165) is 11.8 Å². The van der Waals surface area contributed by atoms with E-state index in [0.29, 0.717) is 34.5 Å². The topological polar surface area (TPSA) is 71.2 Å². The van der Waals surface area contributed by atoms with E-state index in [4.69, 9.17) is 4.74 Å². The van der Waals surface area contributed by atoms with Crippen molar-refractivity contribution in [2.24, 2.45) is 17.8 Å². The van der Waals surface area contributed by atoms with Crippen LogP contribution in [0.25, 0.3) is 0 Å². The molecule has 1 aromatic rings. The first-order valence-corrected chi connectivity index (χ1v) is 9.41. The lowest BCUT2D eigenvalue weighted by Gasteiger charge is -2.30. The Morgan fingerprint density at radius 3 is 2.48 bits per heavy atom. The first-order chi connectivity index (χ1) is 11.8. The summed E-state index contributed by atoms with van der Waals surface area (Å²) in [6.07, 6.45) is 5.41. The molecule has 1 aromatic heterocycles. The molecule has 0 amide bonds. The number of ether oxygens (including phenoxy) is 1. The molecule has 2 N–H and O–H groups in total. The largest absolute Gasteiger partial charge is 0.465 e. The lowest BCUT2D eigenvalue weighted by Crippen LogP contribution is -2.45. The third-order valence-electron chi connectivity index (χ3n) is 6.41. The Morgan fingerprint density at radius 1 is 1.20 bits per heavy atom. The average Bonchev–Trinajstić information content (AvgIpc) is 3.28. The van der Waals surface area contributed by atoms with Crippen molar-refractivity contribution in [3.05, 3.63) is 22.5 Å². The molecule has 2 saturated carbocycles. The number of nitrogens with one attached hydrogen (secondary N) is 2. The second kappa shape index (κ2) is 6.94. The van der Waals surface area contributed by atoms with Crippen LogP contribution in [0.2, 0.25) is 0 Å². The fourth-order valence-corrected chi connectivity index (χ4v) is 5.12. The molecule has 2 fully saturated rings. The number of H-pyrrole nitrogens is 1. The number of rotatable bonds is 6. The lowest BCUT2D eigenvalue weighted by atomic mass is 9.83. The van der Waals surface area contributed by atoms with Gasteiger partial charge in [-0.3, -0.25) is 4.79 Å². The van der Waals surface area contributed by atoms with Crippen molar-refractivity contribution < 1.29 is 14.3 Å². The number of methoxy groups -OCH3 is 1. The molecule has 5 nitrogen and oxygen atoms in total. The van der Waals surface area contributed by atoms with Crippen LogP contribution >= 0.6 is 0 Å². The van der Waals surface area contributed by atoms with Crippen molar-refractivity contribution >= 4 is 11.8 Å². The van der Waals surface area contributed by atoms with Gasteiger partial charge in [0, 0.05) is 11.7 Å². The fourth-order valence-electron chi connectivity index (χ4n) is 5.12. The minimum Gasteiger partial charge on any atom is -0.465 e. The number of hydrogen-bond acceptors (Lipinski definition) is 4. The molecule has 0 unspecified atom stereocenters. The Balaban J connectivity index is 1.69. The van der Waals surface area contributed by atoms with Gasteiger partial charge >= 0.3 is 5.97 Å². The summed E-state index contributed by atoms with van der Waals surface area (Å²) in [5, 5.41) is 3.52. The van der Waals surface area contributed by atoms with Gasteiger partial charge in [0.1, 0.15) is 0 Å². The Morgan fingerprint density at radius 2 is 1.92 bits per heavy atom. The molecule has 2 bridgehead atoms. The van der Waals surface area contributed by atoms with Gasteiger partial charge in [-0.2, -0.15) is 0 Å². The molecule has 25 heavy (non-hydrogen) atoms. The quantitative estimate of drug-likeness (QED) is 0.612. The van der Waals surface area contributed by atoms with E-state index in [1.54, 1.807) is 13.8 Å². The summed E-state index contributed by atoms with van der Waals surface area (Å²) in [5.41, 5.74) is 2.34. The molecule has 0 aromatic carbocycles. The van der Waals surface area contributed by atoms with Gasteiger partial charge in [0.2, 0.25) is 0 Å². The number of esters is 1. The van der Waals surface area contributed by atoms with Crippen molar-refractivity contribution in [2.75, 3.05) is 7.11 Å². The molecule has 2 aliphatic carbocycles. The first kappa shape index (κ1) is 18.2. The summed E-state index contributed by atoms with van der Waals surface area (Å²) in [5.74, 6) is 2.02. The maximum atomic E-state index is 12.9. The van der Waals surface area contributed by atoms with E-state index >= 15 is 0 Å². The number of carbonyl (C=O) groups excluding carboxylic acids is 2. The van der Waals surface area contributed by atoms with Gasteiger partial charge < -0.3 is 15.0 Å². The highest BCUT2D eigenvalue weighted by Crippen LogP contribution is 2.49. The smallest absolute Gasteiger partial charge is 0.339 e. The average molecular weight is 346 g/mol. The molecule has 138 valence electrons. The summed E-state index contributed by atoms with van der Waals surface area (Å²) in [6.45, 7) is 7.72. The van der Waals surface area contributed by atoms with Crippen molar-refractivity contribution in [1.82, 2.24) is 10.3 Å². The third kappa shape index (κ3) is 3.26. The summed E-state index contributed by atoms with van der Waals surface area (Å²) in [4.78, 5) is 27.9. The SMILES string of the molecule is COC(=O)c1c(C)[nH]c(C(=O)[C@H](C)N[C@H](C)[C@@H]2C[C@H]3CC[C@H]2C3)c1C. The summed E-state index contributed by atoms with van der Waals surface area (Å²) in [7, 11) is 1.36. The molecule has 0 aliphatic heterocycles. The molecule has 1 heterocycles. The Kier molecular flexibility index (Phi) is 5.05. The minimum atomic E-state index is -0.402. The van der Waals surface area contributed by atoms with Gasteiger partial charge in [0.25, 0.3) is 0 Å². The van der Waals surface area contributed by atoms with E-state index < -0.39 is 5.97 Å². The Hall–Kier alpha value is -1.62. The summed E-state index contributed by atoms with van der Waals surface area (Å²) < 4.78 is 4.83. The molecular weight excluding hydrogens is 316 g/mol. The molecule has 5 atom stereocenters. The number of fused-ring (bicyclic) bond motifs is 2.